The fourth-order valence-electron chi connectivity index (χ4n) is 3.08. The Morgan fingerprint density at radius 1 is 1.07 bits per heavy atom. The Morgan fingerprint density at radius 2 is 1.71 bits per heavy atom. The quantitative estimate of drug-likeness (QED) is 0.744. The van der Waals surface area contributed by atoms with E-state index in [0.717, 1.165) is 12.5 Å². The molecule has 0 spiro atoms. The second-order valence-electron chi connectivity index (χ2n) is 4.99. The van der Waals surface area contributed by atoms with Crippen molar-refractivity contribution in [3.05, 3.63) is 0 Å². The van der Waals surface area contributed by atoms with Gasteiger partial charge in [0.2, 0.25) is 0 Å². The molecule has 0 amide bonds. The van der Waals surface area contributed by atoms with Crippen molar-refractivity contribution in [2.45, 2.75) is 38.5 Å². The molecule has 1 atom stereocenters. The Bertz CT molecular complexity index is 160. The van der Waals surface area contributed by atoms with E-state index >= 15 is 0 Å². The monoisotopic (exact) mass is 197 g/mol. The number of rotatable bonds is 4. The van der Waals surface area contributed by atoms with Gasteiger partial charge in [-0.2, -0.15) is 0 Å². The van der Waals surface area contributed by atoms with Gasteiger partial charge in [0, 0.05) is 13.2 Å². The lowest BCUT2D eigenvalue weighted by Gasteiger charge is -2.26. The molecule has 1 saturated carbocycles. The first-order valence-corrected chi connectivity index (χ1v) is 6.23. The summed E-state index contributed by atoms with van der Waals surface area (Å²) in [7, 11) is 0. The van der Waals surface area contributed by atoms with Crippen molar-refractivity contribution in [3.8, 4) is 0 Å². The van der Waals surface area contributed by atoms with Gasteiger partial charge in [-0.15, -0.1) is 0 Å². The van der Waals surface area contributed by atoms with Crippen LogP contribution >= 0.6 is 0 Å². The molecule has 2 aliphatic rings. The highest BCUT2D eigenvalue weighted by atomic mass is 16.3. The summed E-state index contributed by atoms with van der Waals surface area (Å²) >= 11 is 0. The Labute approximate surface area is 87.3 Å². The molecule has 1 N–H and O–H groups in total. The van der Waals surface area contributed by atoms with Crippen LogP contribution in [0.2, 0.25) is 0 Å². The second-order valence-corrected chi connectivity index (χ2v) is 4.99. The van der Waals surface area contributed by atoms with Crippen molar-refractivity contribution in [1.82, 2.24) is 4.90 Å². The lowest BCUT2D eigenvalue weighted by Crippen LogP contribution is -2.32. The van der Waals surface area contributed by atoms with Crippen LogP contribution in [0.15, 0.2) is 0 Å². The van der Waals surface area contributed by atoms with E-state index < -0.39 is 0 Å². The van der Waals surface area contributed by atoms with Crippen LogP contribution in [0.1, 0.15) is 38.5 Å². The third-order valence-electron chi connectivity index (χ3n) is 3.99. The molecule has 2 nitrogen and oxygen atoms in total. The smallest absolute Gasteiger partial charge is 0.0474 e. The van der Waals surface area contributed by atoms with Gasteiger partial charge in [0.05, 0.1) is 0 Å². The van der Waals surface area contributed by atoms with Crippen LogP contribution in [-0.4, -0.2) is 36.2 Å². The normalized spacial score (nSPS) is 27.2. The van der Waals surface area contributed by atoms with Crippen molar-refractivity contribution >= 4 is 0 Å². The number of aliphatic hydroxyl groups is 1. The molecule has 0 bridgehead atoms. The molecule has 1 heterocycles. The van der Waals surface area contributed by atoms with Gasteiger partial charge in [0.1, 0.15) is 0 Å². The van der Waals surface area contributed by atoms with E-state index in [1.54, 1.807) is 0 Å². The molecule has 82 valence electrons. The summed E-state index contributed by atoms with van der Waals surface area (Å²) in [6, 6.07) is 0. The minimum absolute atomic E-state index is 0.404. The van der Waals surface area contributed by atoms with E-state index in [4.69, 9.17) is 0 Å². The maximum absolute atomic E-state index is 9.42. The van der Waals surface area contributed by atoms with Crippen molar-refractivity contribution in [2.24, 2.45) is 11.8 Å². The van der Waals surface area contributed by atoms with Gasteiger partial charge in [-0.1, -0.05) is 25.7 Å². The standard InChI is InChI=1S/C12H23NO/c14-10-12(11-5-1-2-6-11)9-13-7-3-4-8-13/h11-12,14H,1-10H2. The lowest BCUT2D eigenvalue weighted by molar-refractivity contribution is 0.134. The molecule has 1 aliphatic heterocycles. The molecular weight excluding hydrogens is 174 g/mol. The molecule has 1 aliphatic carbocycles. The maximum Gasteiger partial charge on any atom is 0.0474 e. The zero-order valence-corrected chi connectivity index (χ0v) is 9.12. The first kappa shape index (κ1) is 10.4. The fourth-order valence-corrected chi connectivity index (χ4v) is 3.08. The van der Waals surface area contributed by atoms with Crippen LogP contribution in [0.3, 0.4) is 0 Å². The Balaban J connectivity index is 1.79. The topological polar surface area (TPSA) is 23.5 Å². The third-order valence-corrected chi connectivity index (χ3v) is 3.99. The van der Waals surface area contributed by atoms with Gasteiger partial charge >= 0.3 is 0 Å². The van der Waals surface area contributed by atoms with Gasteiger partial charge in [-0.05, 0) is 37.8 Å². The summed E-state index contributed by atoms with van der Waals surface area (Å²) in [5.41, 5.74) is 0. The largest absolute Gasteiger partial charge is 0.396 e. The highest BCUT2D eigenvalue weighted by Crippen LogP contribution is 2.32. The molecule has 0 aromatic heterocycles. The summed E-state index contributed by atoms with van der Waals surface area (Å²) in [6.45, 7) is 4.09. The number of aliphatic hydroxyl groups excluding tert-OH is 1. The number of hydrogen-bond acceptors (Lipinski definition) is 2. The van der Waals surface area contributed by atoms with Crippen molar-refractivity contribution < 1.29 is 5.11 Å². The minimum Gasteiger partial charge on any atom is -0.396 e. The molecule has 0 radical (unpaired) electrons. The zero-order chi connectivity index (χ0) is 9.80. The molecule has 0 aromatic rings. The van der Waals surface area contributed by atoms with Crippen LogP contribution in [-0.2, 0) is 0 Å². The molecule has 2 fully saturated rings. The first-order chi connectivity index (χ1) is 6.90. The molecule has 0 aromatic carbocycles. The number of nitrogens with zero attached hydrogens (tertiary/aromatic N) is 1. The fraction of sp³-hybridized carbons (Fsp3) is 1.00. The minimum atomic E-state index is 0.404. The SMILES string of the molecule is OCC(CN1CCCC1)C1CCCC1. The average molecular weight is 197 g/mol. The summed E-state index contributed by atoms with van der Waals surface area (Å²) in [5, 5.41) is 9.42. The summed E-state index contributed by atoms with van der Waals surface area (Å²) < 4.78 is 0. The van der Waals surface area contributed by atoms with E-state index in [2.05, 4.69) is 4.90 Å². The predicted molar refractivity (Wildman–Crippen MR) is 58.2 cm³/mol. The second kappa shape index (κ2) is 5.13. The molecule has 1 unspecified atom stereocenters. The summed E-state index contributed by atoms with van der Waals surface area (Å²) in [6.07, 6.45) is 8.23. The first-order valence-electron chi connectivity index (χ1n) is 6.23. The van der Waals surface area contributed by atoms with Crippen LogP contribution in [0.5, 0.6) is 0 Å². The average Bonchev–Trinajstić information content (AvgIpc) is 2.86. The Morgan fingerprint density at radius 3 is 2.29 bits per heavy atom. The predicted octanol–water partition coefficient (Wildman–Crippen LogP) is 1.88. The molecular formula is C12H23NO. The van der Waals surface area contributed by atoms with Crippen LogP contribution in [0.25, 0.3) is 0 Å². The molecule has 2 rings (SSSR count). The van der Waals surface area contributed by atoms with Gasteiger partial charge in [-0.3, -0.25) is 0 Å². The lowest BCUT2D eigenvalue weighted by atomic mass is 9.91. The van der Waals surface area contributed by atoms with Gasteiger partial charge < -0.3 is 10.0 Å². The number of hydrogen-bond donors (Lipinski definition) is 1. The maximum atomic E-state index is 9.42. The van der Waals surface area contributed by atoms with E-state index in [0.29, 0.717) is 12.5 Å². The molecule has 14 heavy (non-hydrogen) atoms. The van der Waals surface area contributed by atoms with Crippen LogP contribution in [0, 0.1) is 11.8 Å². The summed E-state index contributed by atoms with van der Waals surface area (Å²) in [5.74, 6) is 1.39. The van der Waals surface area contributed by atoms with Crippen molar-refractivity contribution in [1.29, 1.82) is 0 Å². The van der Waals surface area contributed by atoms with Gasteiger partial charge in [-0.25, -0.2) is 0 Å². The van der Waals surface area contributed by atoms with E-state index in [-0.39, 0.29) is 0 Å². The summed E-state index contributed by atoms with van der Waals surface area (Å²) in [4.78, 5) is 2.54. The Hall–Kier alpha value is -0.0800. The van der Waals surface area contributed by atoms with E-state index in [9.17, 15) is 5.11 Å². The molecule has 1 saturated heterocycles. The van der Waals surface area contributed by atoms with Crippen LogP contribution < -0.4 is 0 Å². The van der Waals surface area contributed by atoms with E-state index in [1.165, 1.54) is 51.6 Å². The Kier molecular flexibility index (Phi) is 3.82. The van der Waals surface area contributed by atoms with E-state index in [1.807, 2.05) is 0 Å². The van der Waals surface area contributed by atoms with Crippen molar-refractivity contribution in [2.75, 3.05) is 26.2 Å². The van der Waals surface area contributed by atoms with Gasteiger partial charge in [0.25, 0.3) is 0 Å². The van der Waals surface area contributed by atoms with Gasteiger partial charge in [0.15, 0.2) is 0 Å². The zero-order valence-electron chi connectivity index (χ0n) is 9.12. The van der Waals surface area contributed by atoms with Crippen LogP contribution in [0.4, 0.5) is 0 Å². The highest BCUT2D eigenvalue weighted by molar-refractivity contribution is 4.79. The number of likely N-dealkylation sites (tertiary alicyclic amines) is 1. The third kappa shape index (κ3) is 2.48. The molecule has 2 heteroatoms. The highest BCUT2D eigenvalue weighted by Gasteiger charge is 2.26. The van der Waals surface area contributed by atoms with Crippen molar-refractivity contribution in [3.63, 3.8) is 0 Å².